The molecule has 2 unspecified atom stereocenters. The van der Waals surface area contributed by atoms with E-state index in [0.717, 1.165) is 51.4 Å². The van der Waals surface area contributed by atoms with Gasteiger partial charge in [0.05, 0.1) is 25.4 Å². The summed E-state index contributed by atoms with van der Waals surface area (Å²) in [6.45, 7) is 4.86. The van der Waals surface area contributed by atoms with Crippen molar-refractivity contribution in [3.05, 3.63) is 48.6 Å². The highest BCUT2D eigenvalue weighted by atomic mass is 16.5. The fourth-order valence-corrected chi connectivity index (χ4v) is 10.6. The van der Waals surface area contributed by atoms with E-state index in [2.05, 4.69) is 55.6 Å². The van der Waals surface area contributed by atoms with Crippen molar-refractivity contribution in [2.24, 2.45) is 0 Å². The first-order valence-electron chi connectivity index (χ1n) is 34.4. The lowest BCUT2D eigenvalue weighted by molar-refractivity contribution is -0.143. The number of hydrogen-bond acceptors (Lipinski definition) is 5. The van der Waals surface area contributed by atoms with Crippen LogP contribution in [0.5, 0.6) is 0 Å². The number of carbonyl (C=O) groups is 2. The maximum Gasteiger partial charge on any atom is 0.305 e. The van der Waals surface area contributed by atoms with Crippen LogP contribution in [0.3, 0.4) is 0 Å². The van der Waals surface area contributed by atoms with Crippen LogP contribution < -0.4 is 5.32 Å². The molecule has 0 aromatic carbocycles. The Labute approximate surface area is 480 Å². The number of amides is 1. The van der Waals surface area contributed by atoms with Crippen LogP contribution >= 0.6 is 0 Å². The molecular formula is C71H133NO5. The third-order valence-corrected chi connectivity index (χ3v) is 15.8. The summed E-state index contributed by atoms with van der Waals surface area (Å²) in [5.74, 6) is -0.0653. The van der Waals surface area contributed by atoms with Crippen LogP contribution in [-0.2, 0) is 14.3 Å². The Morgan fingerprint density at radius 3 is 1.05 bits per heavy atom. The summed E-state index contributed by atoms with van der Waals surface area (Å²) in [6.07, 6.45) is 86.1. The monoisotopic (exact) mass is 1080 g/mol. The molecule has 6 nitrogen and oxygen atoms in total. The van der Waals surface area contributed by atoms with Gasteiger partial charge in [0.2, 0.25) is 5.91 Å². The maximum atomic E-state index is 12.5. The largest absolute Gasteiger partial charge is 0.466 e. The number of allylic oxidation sites excluding steroid dienone is 7. The minimum absolute atomic E-state index is 0.0000504. The SMILES string of the molecule is CCC/C=C\C/C=C\CCCCCCCC(=O)OCCCCCCCCCCCCCC/C=C\CCCCCCCCCCCCCCC(=O)NC(CO)C(O)/C=C/CCCCCCCCCCCCCCCCCCC. The predicted octanol–water partition coefficient (Wildman–Crippen LogP) is 22.1. The van der Waals surface area contributed by atoms with Gasteiger partial charge in [0.15, 0.2) is 0 Å². The van der Waals surface area contributed by atoms with E-state index in [1.807, 2.05) is 6.08 Å². The molecule has 1 amide bonds. The van der Waals surface area contributed by atoms with Crippen LogP contribution in [0.2, 0.25) is 0 Å². The van der Waals surface area contributed by atoms with Crippen LogP contribution in [0.1, 0.15) is 367 Å². The molecule has 0 heterocycles. The molecule has 6 heteroatoms. The number of nitrogens with one attached hydrogen (secondary N) is 1. The van der Waals surface area contributed by atoms with E-state index in [1.165, 1.54) is 289 Å². The molecule has 77 heavy (non-hydrogen) atoms. The zero-order chi connectivity index (χ0) is 55.7. The second-order valence-electron chi connectivity index (χ2n) is 23.5. The lowest BCUT2D eigenvalue weighted by Gasteiger charge is -2.20. The Bertz CT molecular complexity index is 1290. The van der Waals surface area contributed by atoms with Gasteiger partial charge in [-0.05, 0) is 83.5 Å². The molecule has 3 N–H and O–H groups in total. The molecule has 0 aromatic rings. The minimum Gasteiger partial charge on any atom is -0.466 e. The Morgan fingerprint density at radius 2 is 0.675 bits per heavy atom. The Hall–Kier alpha value is -2.18. The molecule has 0 aromatic heterocycles. The first-order valence-corrected chi connectivity index (χ1v) is 34.4. The van der Waals surface area contributed by atoms with Crippen molar-refractivity contribution < 1.29 is 24.5 Å². The molecule has 0 saturated carbocycles. The molecule has 0 fully saturated rings. The second-order valence-corrected chi connectivity index (χ2v) is 23.5. The van der Waals surface area contributed by atoms with Crippen molar-refractivity contribution in [1.82, 2.24) is 5.32 Å². The molecule has 0 aliphatic rings. The van der Waals surface area contributed by atoms with Crippen molar-refractivity contribution in [3.63, 3.8) is 0 Å². The molecule has 0 radical (unpaired) electrons. The van der Waals surface area contributed by atoms with Gasteiger partial charge in [0.1, 0.15) is 0 Å². The van der Waals surface area contributed by atoms with Crippen LogP contribution in [0.4, 0.5) is 0 Å². The summed E-state index contributed by atoms with van der Waals surface area (Å²) in [5, 5.41) is 23.2. The lowest BCUT2D eigenvalue weighted by atomic mass is 10.0. The summed E-state index contributed by atoms with van der Waals surface area (Å²) in [4.78, 5) is 24.5. The van der Waals surface area contributed by atoms with Crippen LogP contribution in [0, 0.1) is 0 Å². The van der Waals surface area contributed by atoms with Gasteiger partial charge in [-0.3, -0.25) is 9.59 Å². The molecule has 0 rings (SSSR count). The summed E-state index contributed by atoms with van der Waals surface area (Å²) in [5.41, 5.74) is 0. The van der Waals surface area contributed by atoms with Crippen molar-refractivity contribution >= 4 is 11.9 Å². The quantitative estimate of drug-likeness (QED) is 0.0320. The summed E-state index contributed by atoms with van der Waals surface area (Å²) in [6, 6.07) is -0.629. The fraction of sp³-hybridized carbons (Fsp3) is 0.859. The van der Waals surface area contributed by atoms with Gasteiger partial charge < -0.3 is 20.3 Å². The molecule has 0 aliphatic carbocycles. The summed E-state index contributed by atoms with van der Waals surface area (Å²) in [7, 11) is 0. The normalized spacial score (nSPS) is 12.8. The lowest BCUT2D eigenvalue weighted by Crippen LogP contribution is -2.45. The number of aliphatic hydroxyl groups excluding tert-OH is 2. The molecule has 0 saturated heterocycles. The molecule has 0 spiro atoms. The van der Waals surface area contributed by atoms with Crippen LogP contribution in [-0.4, -0.2) is 47.4 Å². The molecule has 2 atom stereocenters. The number of aliphatic hydroxyl groups is 2. The van der Waals surface area contributed by atoms with E-state index in [9.17, 15) is 19.8 Å². The van der Waals surface area contributed by atoms with E-state index in [1.54, 1.807) is 6.08 Å². The Balaban J connectivity index is 3.41. The van der Waals surface area contributed by atoms with E-state index >= 15 is 0 Å². The number of unbranched alkanes of at least 4 members (excludes halogenated alkanes) is 47. The van der Waals surface area contributed by atoms with Gasteiger partial charge >= 0.3 is 5.97 Å². The van der Waals surface area contributed by atoms with Crippen molar-refractivity contribution in [2.45, 2.75) is 379 Å². The standard InChI is InChI=1S/C71H133NO5/c1-3-5-7-9-11-13-15-17-18-19-30-33-36-40-43-47-51-55-59-63-69(74)68(67-73)72-70(75)64-60-56-52-48-44-41-37-34-31-28-26-24-22-20-21-23-25-27-29-32-35-38-42-46-50-54-58-62-66-77-71(76)65-61-57-53-49-45-39-16-14-12-10-8-6-4-2/h8,10,14,16,20-21,59,63,68-69,73-74H,3-7,9,11-13,15,17-19,22-58,60-62,64-67H2,1-2H3,(H,72,75)/b10-8-,16-14-,21-20-,63-59+. The molecule has 452 valence electrons. The van der Waals surface area contributed by atoms with Gasteiger partial charge in [-0.15, -0.1) is 0 Å². The van der Waals surface area contributed by atoms with Crippen molar-refractivity contribution in [1.29, 1.82) is 0 Å². The number of hydrogen-bond donors (Lipinski definition) is 3. The van der Waals surface area contributed by atoms with E-state index in [4.69, 9.17) is 4.74 Å². The highest BCUT2D eigenvalue weighted by Crippen LogP contribution is 2.18. The zero-order valence-electron chi connectivity index (χ0n) is 51.7. The fourth-order valence-electron chi connectivity index (χ4n) is 10.6. The summed E-state index contributed by atoms with van der Waals surface area (Å²) >= 11 is 0. The average Bonchev–Trinajstić information content (AvgIpc) is 3.43. The van der Waals surface area contributed by atoms with Gasteiger partial charge in [-0.25, -0.2) is 0 Å². The molecule has 0 aliphatic heterocycles. The predicted molar refractivity (Wildman–Crippen MR) is 338 cm³/mol. The van der Waals surface area contributed by atoms with E-state index < -0.39 is 12.1 Å². The minimum atomic E-state index is -0.846. The van der Waals surface area contributed by atoms with E-state index in [-0.39, 0.29) is 18.5 Å². The summed E-state index contributed by atoms with van der Waals surface area (Å²) < 4.78 is 5.47. The highest BCUT2D eigenvalue weighted by molar-refractivity contribution is 5.76. The zero-order valence-corrected chi connectivity index (χ0v) is 51.7. The van der Waals surface area contributed by atoms with Gasteiger partial charge in [-0.2, -0.15) is 0 Å². The topological polar surface area (TPSA) is 95.9 Å². The van der Waals surface area contributed by atoms with Crippen molar-refractivity contribution in [3.8, 4) is 0 Å². The third kappa shape index (κ3) is 62.9. The van der Waals surface area contributed by atoms with E-state index in [0.29, 0.717) is 19.4 Å². The van der Waals surface area contributed by atoms with Crippen LogP contribution in [0.15, 0.2) is 48.6 Å². The highest BCUT2D eigenvalue weighted by Gasteiger charge is 2.18. The number of rotatable bonds is 64. The third-order valence-electron chi connectivity index (χ3n) is 15.8. The van der Waals surface area contributed by atoms with Crippen LogP contribution in [0.25, 0.3) is 0 Å². The first kappa shape index (κ1) is 74.8. The first-order chi connectivity index (χ1) is 38.0. The number of ether oxygens (including phenoxy) is 1. The van der Waals surface area contributed by atoms with Gasteiger partial charge in [-0.1, -0.05) is 319 Å². The van der Waals surface area contributed by atoms with Gasteiger partial charge in [0, 0.05) is 12.8 Å². The molecule has 0 bridgehead atoms. The maximum absolute atomic E-state index is 12.5. The molecular weight excluding hydrogens is 947 g/mol. The van der Waals surface area contributed by atoms with Gasteiger partial charge in [0.25, 0.3) is 0 Å². The number of carbonyl (C=O) groups excluding carboxylic acids is 2. The number of esters is 1. The van der Waals surface area contributed by atoms with Crippen molar-refractivity contribution in [2.75, 3.05) is 13.2 Å². The Morgan fingerprint density at radius 1 is 0.364 bits per heavy atom. The second kappa shape index (κ2) is 66.3. The average molecular weight is 1080 g/mol. The Kier molecular flexibility index (Phi) is 64.5. The smallest absolute Gasteiger partial charge is 0.305 e.